The highest BCUT2D eigenvalue weighted by atomic mass is 16.6. The van der Waals surface area contributed by atoms with Gasteiger partial charge < -0.3 is 10.1 Å². The first-order chi connectivity index (χ1) is 16.2. The van der Waals surface area contributed by atoms with E-state index >= 15 is 0 Å². The van der Waals surface area contributed by atoms with Gasteiger partial charge in [-0.25, -0.2) is 9.50 Å². The minimum Gasteiger partial charge on any atom is -0.383 e. The highest BCUT2D eigenvalue weighted by Crippen LogP contribution is 2.40. The molecular formula is C25H30N6O3. The van der Waals surface area contributed by atoms with Crippen LogP contribution in [0.2, 0.25) is 0 Å². The lowest BCUT2D eigenvalue weighted by Crippen LogP contribution is -2.40. The third kappa shape index (κ3) is 3.73. The van der Waals surface area contributed by atoms with Crippen molar-refractivity contribution in [1.29, 1.82) is 0 Å². The zero-order chi connectivity index (χ0) is 24.2. The molecule has 1 aliphatic rings. The highest BCUT2D eigenvalue weighted by molar-refractivity contribution is 5.89. The number of aromatic amines is 1. The standard InChI is InChI=1S/C25H30N6O3/c1-14(2)21-22(18-11-30-24(26-13-27-30)16(4)15(18)3)29-20-6-5-19(28-23(20)21)17-7-9-25(32,10-8-17)12-31(33)34/h5-6,11,13-14,17,29,32H,7-10,12H2,1-4H3. The average molecular weight is 463 g/mol. The molecule has 34 heavy (non-hydrogen) atoms. The van der Waals surface area contributed by atoms with Gasteiger partial charge in [-0.15, -0.1) is 0 Å². The summed E-state index contributed by atoms with van der Waals surface area (Å²) < 4.78 is 1.82. The van der Waals surface area contributed by atoms with Gasteiger partial charge in [-0.3, -0.25) is 15.1 Å². The monoisotopic (exact) mass is 462 g/mol. The average Bonchev–Trinajstić information content (AvgIpc) is 3.40. The lowest BCUT2D eigenvalue weighted by atomic mass is 9.77. The van der Waals surface area contributed by atoms with Gasteiger partial charge >= 0.3 is 0 Å². The molecule has 5 rings (SSSR count). The molecule has 0 aliphatic heterocycles. The first-order valence-corrected chi connectivity index (χ1v) is 11.8. The van der Waals surface area contributed by atoms with Gasteiger partial charge in [0.15, 0.2) is 5.65 Å². The van der Waals surface area contributed by atoms with Gasteiger partial charge in [0.1, 0.15) is 11.9 Å². The Morgan fingerprint density at radius 1 is 1.26 bits per heavy atom. The van der Waals surface area contributed by atoms with Crippen molar-refractivity contribution in [3.63, 3.8) is 0 Å². The molecule has 0 radical (unpaired) electrons. The Balaban J connectivity index is 1.55. The van der Waals surface area contributed by atoms with Gasteiger partial charge in [0.2, 0.25) is 6.54 Å². The maximum atomic E-state index is 10.9. The zero-order valence-electron chi connectivity index (χ0n) is 20.0. The first kappa shape index (κ1) is 22.5. The van der Waals surface area contributed by atoms with Crippen molar-refractivity contribution in [3.05, 3.63) is 57.2 Å². The minimum atomic E-state index is -1.20. The number of rotatable bonds is 5. The fourth-order valence-electron chi connectivity index (χ4n) is 5.41. The van der Waals surface area contributed by atoms with E-state index in [9.17, 15) is 15.2 Å². The molecule has 4 aromatic heterocycles. The van der Waals surface area contributed by atoms with Crippen LogP contribution in [0.5, 0.6) is 0 Å². The second-order valence-corrected chi connectivity index (χ2v) is 10.0. The van der Waals surface area contributed by atoms with E-state index < -0.39 is 10.5 Å². The van der Waals surface area contributed by atoms with E-state index in [1.807, 2.05) is 16.8 Å². The third-order valence-corrected chi connectivity index (χ3v) is 7.43. The Labute approximate surface area is 197 Å². The van der Waals surface area contributed by atoms with Gasteiger partial charge in [0.05, 0.1) is 16.7 Å². The molecule has 4 aromatic rings. The van der Waals surface area contributed by atoms with Gasteiger partial charge in [-0.1, -0.05) is 13.8 Å². The van der Waals surface area contributed by atoms with Crippen molar-refractivity contribution in [2.24, 2.45) is 0 Å². The van der Waals surface area contributed by atoms with Crippen LogP contribution in [0.3, 0.4) is 0 Å². The number of fused-ring (bicyclic) bond motifs is 2. The Kier molecular flexibility index (Phi) is 5.39. The van der Waals surface area contributed by atoms with Crippen molar-refractivity contribution in [2.45, 2.75) is 70.8 Å². The minimum absolute atomic E-state index is 0.185. The summed E-state index contributed by atoms with van der Waals surface area (Å²) in [4.78, 5) is 23.6. The Morgan fingerprint density at radius 3 is 2.68 bits per heavy atom. The Hall–Kier alpha value is -3.33. The fourth-order valence-corrected chi connectivity index (χ4v) is 5.41. The molecule has 4 heterocycles. The number of nitrogens with zero attached hydrogens (tertiary/aromatic N) is 5. The zero-order valence-corrected chi connectivity index (χ0v) is 20.0. The lowest BCUT2D eigenvalue weighted by molar-refractivity contribution is -0.502. The molecule has 9 heteroatoms. The van der Waals surface area contributed by atoms with Crippen LogP contribution in [0.25, 0.3) is 27.9 Å². The van der Waals surface area contributed by atoms with Crippen LogP contribution in [0, 0.1) is 24.0 Å². The van der Waals surface area contributed by atoms with E-state index in [4.69, 9.17) is 4.98 Å². The largest absolute Gasteiger partial charge is 0.383 e. The van der Waals surface area contributed by atoms with E-state index in [0.29, 0.717) is 25.7 Å². The summed E-state index contributed by atoms with van der Waals surface area (Å²) in [6.07, 6.45) is 5.83. The normalized spacial score (nSPS) is 21.1. The molecule has 1 saturated carbocycles. The van der Waals surface area contributed by atoms with Crippen LogP contribution in [0.4, 0.5) is 0 Å². The number of hydrogen-bond donors (Lipinski definition) is 2. The second kappa shape index (κ2) is 8.16. The number of aliphatic hydroxyl groups is 1. The van der Waals surface area contributed by atoms with Crippen molar-refractivity contribution < 1.29 is 10.0 Å². The Morgan fingerprint density at radius 2 is 2.00 bits per heavy atom. The number of nitro groups is 1. The van der Waals surface area contributed by atoms with Gasteiger partial charge in [-0.05, 0) is 68.7 Å². The van der Waals surface area contributed by atoms with Crippen LogP contribution in [0.1, 0.15) is 73.8 Å². The maximum absolute atomic E-state index is 10.9. The fraction of sp³-hybridized carbons (Fsp3) is 0.480. The third-order valence-electron chi connectivity index (χ3n) is 7.43. The van der Waals surface area contributed by atoms with E-state index in [0.717, 1.165) is 44.8 Å². The summed E-state index contributed by atoms with van der Waals surface area (Å²) in [6, 6.07) is 4.13. The summed E-state index contributed by atoms with van der Waals surface area (Å²) in [6.45, 7) is 8.14. The van der Waals surface area contributed by atoms with Crippen molar-refractivity contribution in [1.82, 2.24) is 24.6 Å². The lowest BCUT2D eigenvalue weighted by Gasteiger charge is -2.32. The Bertz CT molecular complexity index is 1390. The van der Waals surface area contributed by atoms with Gasteiger partial charge in [-0.2, -0.15) is 5.10 Å². The van der Waals surface area contributed by atoms with Crippen LogP contribution >= 0.6 is 0 Å². The van der Waals surface area contributed by atoms with Gasteiger partial charge in [0, 0.05) is 33.9 Å². The number of nitrogens with one attached hydrogen (secondary N) is 1. The molecule has 178 valence electrons. The smallest absolute Gasteiger partial charge is 0.232 e. The number of aromatic nitrogens is 5. The van der Waals surface area contributed by atoms with Crippen LogP contribution in [-0.2, 0) is 0 Å². The van der Waals surface area contributed by atoms with Crippen molar-refractivity contribution in [3.8, 4) is 11.3 Å². The van der Waals surface area contributed by atoms with E-state index in [1.54, 1.807) is 6.33 Å². The summed E-state index contributed by atoms with van der Waals surface area (Å²) in [5.41, 5.74) is 8.15. The summed E-state index contributed by atoms with van der Waals surface area (Å²) in [7, 11) is 0. The summed E-state index contributed by atoms with van der Waals surface area (Å²) in [5.74, 6) is 0.430. The van der Waals surface area contributed by atoms with Crippen molar-refractivity contribution >= 4 is 16.7 Å². The molecule has 0 bridgehead atoms. The predicted molar refractivity (Wildman–Crippen MR) is 130 cm³/mol. The molecule has 0 unspecified atom stereocenters. The predicted octanol–water partition coefficient (Wildman–Crippen LogP) is 4.68. The number of pyridine rings is 2. The number of hydrogen-bond acceptors (Lipinski definition) is 6. The SMILES string of the molecule is Cc1c(-c2[nH]c3ccc(C4CCC(O)(C[N+](=O)[O-])CC4)nc3c2C(C)C)cn2ncnc2c1C. The summed E-state index contributed by atoms with van der Waals surface area (Å²) >= 11 is 0. The molecule has 0 saturated heterocycles. The van der Waals surface area contributed by atoms with E-state index in [1.165, 1.54) is 5.56 Å². The molecule has 1 fully saturated rings. The first-order valence-electron chi connectivity index (χ1n) is 11.8. The molecule has 9 nitrogen and oxygen atoms in total. The van der Waals surface area contributed by atoms with Crippen LogP contribution in [-0.4, -0.2) is 46.7 Å². The topological polar surface area (TPSA) is 122 Å². The number of aryl methyl sites for hydroxylation is 1. The molecule has 2 N–H and O–H groups in total. The van der Waals surface area contributed by atoms with Crippen molar-refractivity contribution in [2.75, 3.05) is 6.54 Å². The summed E-state index contributed by atoms with van der Waals surface area (Å²) in [5, 5.41) is 25.8. The van der Waals surface area contributed by atoms with Gasteiger partial charge in [0.25, 0.3) is 0 Å². The molecule has 1 aliphatic carbocycles. The van der Waals surface area contributed by atoms with Crippen LogP contribution < -0.4 is 0 Å². The van der Waals surface area contributed by atoms with Crippen LogP contribution in [0.15, 0.2) is 24.7 Å². The molecule has 0 amide bonds. The molecule has 0 spiro atoms. The number of H-pyrrole nitrogens is 1. The molecule has 0 aromatic carbocycles. The molecule has 0 atom stereocenters. The second-order valence-electron chi connectivity index (χ2n) is 10.0. The molecular weight excluding hydrogens is 432 g/mol. The highest BCUT2D eigenvalue weighted by Gasteiger charge is 2.38. The maximum Gasteiger partial charge on any atom is 0.232 e. The quantitative estimate of drug-likeness (QED) is 0.328. The van der Waals surface area contributed by atoms with E-state index in [2.05, 4.69) is 48.8 Å². The van der Waals surface area contributed by atoms with E-state index in [-0.39, 0.29) is 18.4 Å².